The van der Waals surface area contributed by atoms with Gasteiger partial charge in [-0.1, -0.05) is 32.0 Å². The molecule has 0 spiro atoms. The van der Waals surface area contributed by atoms with Crippen LogP contribution in [0.2, 0.25) is 0 Å². The number of aromatic nitrogens is 3. The van der Waals surface area contributed by atoms with Crippen molar-refractivity contribution < 1.29 is 4.79 Å². The number of hydrogen-bond donors (Lipinski definition) is 1. The number of nitrogens with zero attached hydrogens (tertiary/aromatic N) is 4. The second-order valence-corrected chi connectivity index (χ2v) is 8.73. The van der Waals surface area contributed by atoms with Gasteiger partial charge in [-0.25, -0.2) is 4.68 Å². The summed E-state index contributed by atoms with van der Waals surface area (Å²) in [4.78, 5) is 19.8. The Morgan fingerprint density at radius 2 is 1.87 bits per heavy atom. The highest BCUT2D eigenvalue weighted by Gasteiger charge is 2.22. The largest absolute Gasteiger partial charge is 0.352 e. The van der Waals surface area contributed by atoms with Gasteiger partial charge in [0.15, 0.2) is 0 Å². The minimum Gasteiger partial charge on any atom is -0.352 e. The molecule has 1 N–H and O–H groups in total. The van der Waals surface area contributed by atoms with Crippen molar-refractivity contribution in [2.45, 2.75) is 26.7 Å². The van der Waals surface area contributed by atoms with Crippen LogP contribution in [0.15, 0.2) is 61.1 Å². The van der Waals surface area contributed by atoms with Gasteiger partial charge < -0.3 is 10.2 Å². The number of benzene rings is 1. The van der Waals surface area contributed by atoms with Crippen LogP contribution < -0.4 is 5.32 Å². The van der Waals surface area contributed by atoms with Crippen molar-refractivity contribution in [2.75, 3.05) is 26.2 Å². The predicted molar refractivity (Wildman–Crippen MR) is 123 cm³/mol. The van der Waals surface area contributed by atoms with Crippen LogP contribution >= 0.6 is 0 Å². The number of pyridine rings is 1. The lowest BCUT2D eigenvalue weighted by Crippen LogP contribution is -2.40. The third-order valence-electron chi connectivity index (χ3n) is 5.80. The number of nitrogens with one attached hydrogen (secondary N) is 1. The summed E-state index contributed by atoms with van der Waals surface area (Å²) < 4.78 is 1.76. The predicted octanol–water partition coefficient (Wildman–Crippen LogP) is 4.03. The normalized spacial score (nSPS) is 19.3. The molecule has 4 rings (SSSR count). The van der Waals surface area contributed by atoms with E-state index in [0.29, 0.717) is 17.8 Å². The molecule has 0 saturated carbocycles. The van der Waals surface area contributed by atoms with Crippen LogP contribution in [0, 0.1) is 11.8 Å². The molecule has 2 atom stereocenters. The SMILES string of the molecule is C[C@@H]1C[C@H](C)CN(CCCNC(=O)c2cn(-c3ccccc3)nc2-c2cccnc2)C1. The lowest BCUT2D eigenvalue weighted by molar-refractivity contribution is 0.0948. The zero-order valence-electron chi connectivity index (χ0n) is 18.4. The lowest BCUT2D eigenvalue weighted by atomic mass is 9.92. The molecule has 1 amide bonds. The smallest absolute Gasteiger partial charge is 0.255 e. The molecule has 6 heteroatoms. The highest BCUT2D eigenvalue weighted by atomic mass is 16.1. The highest BCUT2D eigenvalue weighted by molar-refractivity contribution is 5.99. The van der Waals surface area contributed by atoms with E-state index in [1.54, 1.807) is 23.3 Å². The van der Waals surface area contributed by atoms with Gasteiger partial charge in [0.2, 0.25) is 0 Å². The molecule has 0 unspecified atom stereocenters. The first-order valence-electron chi connectivity index (χ1n) is 11.2. The maximum Gasteiger partial charge on any atom is 0.255 e. The number of piperidine rings is 1. The van der Waals surface area contributed by atoms with Crippen LogP contribution in [-0.4, -0.2) is 51.8 Å². The van der Waals surface area contributed by atoms with Crippen LogP contribution in [0.5, 0.6) is 0 Å². The summed E-state index contributed by atoms with van der Waals surface area (Å²) in [6, 6.07) is 13.6. The molecule has 31 heavy (non-hydrogen) atoms. The molecule has 3 aromatic rings. The number of hydrogen-bond acceptors (Lipinski definition) is 4. The lowest BCUT2D eigenvalue weighted by Gasteiger charge is -2.34. The van der Waals surface area contributed by atoms with Crippen molar-refractivity contribution in [1.29, 1.82) is 0 Å². The average Bonchev–Trinajstić information content (AvgIpc) is 3.23. The van der Waals surface area contributed by atoms with Gasteiger partial charge in [0.05, 0.1) is 11.3 Å². The van der Waals surface area contributed by atoms with E-state index in [1.807, 2.05) is 42.5 Å². The number of carbonyl (C=O) groups is 1. The van der Waals surface area contributed by atoms with Gasteiger partial charge in [0.1, 0.15) is 5.69 Å². The Bertz CT molecular complexity index is 976. The quantitative estimate of drug-likeness (QED) is 0.590. The van der Waals surface area contributed by atoms with Crippen molar-refractivity contribution in [1.82, 2.24) is 25.0 Å². The fourth-order valence-electron chi connectivity index (χ4n) is 4.54. The van der Waals surface area contributed by atoms with Crippen molar-refractivity contribution in [3.63, 3.8) is 0 Å². The molecule has 6 nitrogen and oxygen atoms in total. The third-order valence-corrected chi connectivity index (χ3v) is 5.80. The molecular formula is C25H31N5O. The van der Waals surface area contributed by atoms with E-state index in [9.17, 15) is 4.79 Å². The Balaban J connectivity index is 1.43. The second-order valence-electron chi connectivity index (χ2n) is 8.73. The summed E-state index contributed by atoms with van der Waals surface area (Å²) in [5.41, 5.74) is 2.96. The van der Waals surface area contributed by atoms with Crippen molar-refractivity contribution in [2.24, 2.45) is 11.8 Å². The van der Waals surface area contributed by atoms with E-state index < -0.39 is 0 Å². The van der Waals surface area contributed by atoms with Gasteiger partial charge in [-0.3, -0.25) is 9.78 Å². The Hall–Kier alpha value is -2.99. The van der Waals surface area contributed by atoms with Gasteiger partial charge in [-0.05, 0) is 55.5 Å². The first-order valence-corrected chi connectivity index (χ1v) is 11.2. The standard InChI is InChI=1S/C25H31N5O/c1-19-14-20(2)17-29(16-19)13-7-12-27-25(31)23-18-30(22-9-4-3-5-10-22)28-24(23)21-8-6-11-26-15-21/h3-6,8-11,15,18-20H,7,12-14,16-17H2,1-2H3,(H,27,31)/t19-,20+. The Morgan fingerprint density at radius 1 is 1.10 bits per heavy atom. The van der Waals surface area contributed by atoms with Crippen molar-refractivity contribution in [3.8, 4) is 16.9 Å². The van der Waals surface area contributed by atoms with Gasteiger partial charge in [-0.15, -0.1) is 0 Å². The Morgan fingerprint density at radius 3 is 2.58 bits per heavy atom. The van der Waals surface area contributed by atoms with Gasteiger partial charge >= 0.3 is 0 Å². The van der Waals surface area contributed by atoms with Crippen molar-refractivity contribution >= 4 is 5.91 Å². The van der Waals surface area contributed by atoms with Gasteiger partial charge in [-0.2, -0.15) is 5.10 Å². The number of amides is 1. The molecule has 3 heterocycles. The summed E-state index contributed by atoms with van der Waals surface area (Å²) in [6.45, 7) is 8.65. The molecule has 1 saturated heterocycles. The molecule has 1 aliphatic rings. The van der Waals surface area contributed by atoms with Crippen LogP contribution in [0.3, 0.4) is 0 Å². The zero-order valence-corrected chi connectivity index (χ0v) is 18.4. The minimum atomic E-state index is -0.0959. The van der Waals surface area contributed by atoms with Crippen LogP contribution in [0.25, 0.3) is 16.9 Å². The summed E-state index contributed by atoms with van der Waals surface area (Å²) >= 11 is 0. The van der Waals surface area contributed by atoms with Gasteiger partial charge in [0.25, 0.3) is 5.91 Å². The first kappa shape index (κ1) is 21.2. The van der Waals surface area contributed by atoms with Crippen LogP contribution in [0.1, 0.15) is 37.0 Å². The molecule has 0 radical (unpaired) electrons. The van der Waals surface area contributed by atoms with E-state index >= 15 is 0 Å². The fraction of sp³-hybridized carbons (Fsp3) is 0.400. The second kappa shape index (κ2) is 9.88. The summed E-state index contributed by atoms with van der Waals surface area (Å²) in [5, 5.41) is 7.79. The fourth-order valence-corrected chi connectivity index (χ4v) is 4.54. The van der Waals surface area contributed by atoms with Gasteiger partial charge in [0, 0.05) is 43.8 Å². The molecule has 1 aromatic carbocycles. The van der Waals surface area contributed by atoms with Crippen LogP contribution in [0.4, 0.5) is 0 Å². The average molecular weight is 418 g/mol. The van der Waals surface area contributed by atoms with E-state index in [2.05, 4.69) is 29.0 Å². The maximum atomic E-state index is 13.0. The Kier molecular flexibility index (Phi) is 6.77. The van der Waals surface area contributed by atoms with Crippen molar-refractivity contribution in [3.05, 3.63) is 66.6 Å². The topological polar surface area (TPSA) is 63.1 Å². The number of likely N-dealkylation sites (tertiary alicyclic amines) is 1. The Labute approximate surface area is 184 Å². The molecule has 1 fully saturated rings. The maximum absolute atomic E-state index is 13.0. The monoisotopic (exact) mass is 417 g/mol. The molecule has 0 aliphatic carbocycles. The van der Waals surface area contributed by atoms with E-state index in [0.717, 1.165) is 49.1 Å². The zero-order chi connectivity index (χ0) is 21.6. The van der Waals surface area contributed by atoms with E-state index in [4.69, 9.17) is 5.10 Å². The summed E-state index contributed by atoms with van der Waals surface area (Å²) in [5.74, 6) is 1.41. The van der Waals surface area contributed by atoms with E-state index in [-0.39, 0.29) is 5.91 Å². The molecule has 162 valence electrons. The number of rotatable bonds is 7. The molecule has 1 aliphatic heterocycles. The molecular weight excluding hydrogens is 386 g/mol. The molecule has 0 bridgehead atoms. The number of para-hydroxylation sites is 1. The van der Waals surface area contributed by atoms with Crippen LogP contribution in [-0.2, 0) is 0 Å². The minimum absolute atomic E-state index is 0.0959. The number of carbonyl (C=O) groups excluding carboxylic acids is 1. The third kappa shape index (κ3) is 5.39. The summed E-state index contributed by atoms with van der Waals surface area (Å²) in [6.07, 6.45) is 7.53. The first-order chi connectivity index (χ1) is 15.1. The summed E-state index contributed by atoms with van der Waals surface area (Å²) in [7, 11) is 0. The highest BCUT2D eigenvalue weighted by Crippen LogP contribution is 2.23. The molecule has 2 aromatic heterocycles. The van der Waals surface area contributed by atoms with E-state index in [1.165, 1.54) is 6.42 Å².